The maximum atomic E-state index is 11.5. The molecular weight excluding hydrogens is 344 g/mol. The normalized spacial score (nSPS) is 15.3. The van der Waals surface area contributed by atoms with E-state index in [9.17, 15) is 14.9 Å². The first kappa shape index (κ1) is 18.7. The number of nitrogens with zero attached hydrogens (tertiary/aromatic N) is 3. The summed E-state index contributed by atoms with van der Waals surface area (Å²) >= 11 is 0. The lowest BCUT2D eigenvalue weighted by Crippen LogP contribution is -2.48. The highest BCUT2D eigenvalue weighted by molar-refractivity contribution is 5.74. The van der Waals surface area contributed by atoms with E-state index in [2.05, 4.69) is 10.2 Å². The van der Waals surface area contributed by atoms with Crippen LogP contribution in [0.1, 0.15) is 25.5 Å². The van der Waals surface area contributed by atoms with Crippen LogP contribution in [-0.4, -0.2) is 41.9 Å². The summed E-state index contributed by atoms with van der Waals surface area (Å²) in [4.78, 5) is 26.6. The molecule has 0 aromatic heterocycles. The second kappa shape index (κ2) is 8.07. The van der Waals surface area contributed by atoms with Crippen molar-refractivity contribution in [2.24, 2.45) is 0 Å². The second-order valence-corrected chi connectivity index (χ2v) is 6.73. The van der Waals surface area contributed by atoms with E-state index in [0.717, 1.165) is 11.3 Å². The first-order valence-corrected chi connectivity index (χ1v) is 9.06. The third kappa shape index (κ3) is 4.36. The molecule has 3 rings (SSSR count). The summed E-state index contributed by atoms with van der Waals surface area (Å²) in [7, 11) is 0. The van der Waals surface area contributed by atoms with Gasteiger partial charge in [0.05, 0.1) is 4.92 Å². The summed E-state index contributed by atoms with van der Waals surface area (Å²) in [5.41, 5.74) is 2.55. The molecule has 0 spiro atoms. The van der Waals surface area contributed by atoms with Crippen molar-refractivity contribution in [1.29, 1.82) is 0 Å². The van der Waals surface area contributed by atoms with Gasteiger partial charge in [-0.1, -0.05) is 30.3 Å². The zero-order chi connectivity index (χ0) is 19.4. The quantitative estimate of drug-likeness (QED) is 0.646. The van der Waals surface area contributed by atoms with Gasteiger partial charge in [0.25, 0.3) is 5.69 Å². The Labute approximate surface area is 158 Å². The van der Waals surface area contributed by atoms with Gasteiger partial charge in [0.2, 0.25) is 5.91 Å². The van der Waals surface area contributed by atoms with Gasteiger partial charge in [-0.2, -0.15) is 0 Å². The number of carbonyl (C=O) groups excluding carboxylic acids is 1. The number of piperazine rings is 1. The average molecular weight is 368 g/mol. The van der Waals surface area contributed by atoms with Crippen LogP contribution in [0, 0.1) is 10.1 Å². The Morgan fingerprint density at radius 2 is 1.78 bits per heavy atom. The molecule has 0 saturated carbocycles. The van der Waals surface area contributed by atoms with Crippen molar-refractivity contribution in [3.8, 4) is 0 Å². The molecule has 1 amide bonds. The Hall–Kier alpha value is -3.09. The molecule has 1 aliphatic rings. The first-order valence-electron chi connectivity index (χ1n) is 9.06. The van der Waals surface area contributed by atoms with E-state index in [-0.39, 0.29) is 22.6 Å². The van der Waals surface area contributed by atoms with Gasteiger partial charge >= 0.3 is 0 Å². The lowest BCUT2D eigenvalue weighted by atomic mass is 10.1. The molecule has 0 aliphatic carbocycles. The predicted molar refractivity (Wildman–Crippen MR) is 106 cm³/mol. The third-order valence-corrected chi connectivity index (χ3v) is 4.94. The fourth-order valence-corrected chi connectivity index (χ4v) is 3.33. The lowest BCUT2D eigenvalue weighted by molar-refractivity contribution is -0.384. The van der Waals surface area contributed by atoms with Crippen LogP contribution in [0.2, 0.25) is 0 Å². The van der Waals surface area contributed by atoms with Crippen LogP contribution >= 0.6 is 0 Å². The Morgan fingerprint density at radius 1 is 1.11 bits per heavy atom. The zero-order valence-corrected chi connectivity index (χ0v) is 15.6. The van der Waals surface area contributed by atoms with E-state index in [0.29, 0.717) is 31.9 Å². The van der Waals surface area contributed by atoms with E-state index in [1.165, 1.54) is 0 Å². The minimum Gasteiger partial charge on any atom is -0.373 e. The molecule has 1 atom stereocenters. The van der Waals surface area contributed by atoms with Crippen LogP contribution in [0.3, 0.4) is 0 Å². The molecule has 7 heteroatoms. The largest absolute Gasteiger partial charge is 0.373 e. The van der Waals surface area contributed by atoms with E-state index in [4.69, 9.17) is 0 Å². The van der Waals surface area contributed by atoms with Gasteiger partial charge in [-0.05, 0) is 24.6 Å². The average Bonchev–Trinajstić information content (AvgIpc) is 2.68. The number of carbonyl (C=O) groups is 1. The van der Waals surface area contributed by atoms with Crippen LogP contribution in [-0.2, 0) is 4.79 Å². The number of rotatable bonds is 5. The van der Waals surface area contributed by atoms with Crippen LogP contribution in [0.25, 0.3) is 0 Å². The Balaban J connectivity index is 1.81. The maximum absolute atomic E-state index is 11.5. The Bertz CT molecular complexity index is 817. The minimum atomic E-state index is -0.364. The summed E-state index contributed by atoms with van der Waals surface area (Å²) in [6, 6.07) is 14.9. The van der Waals surface area contributed by atoms with E-state index >= 15 is 0 Å². The zero-order valence-electron chi connectivity index (χ0n) is 15.6. The number of nitro benzene ring substituents is 1. The molecule has 1 saturated heterocycles. The molecular formula is C20H24N4O3. The highest BCUT2D eigenvalue weighted by atomic mass is 16.6. The van der Waals surface area contributed by atoms with Crippen molar-refractivity contribution in [3.63, 3.8) is 0 Å². The van der Waals surface area contributed by atoms with Gasteiger partial charge in [0, 0.05) is 50.9 Å². The third-order valence-electron chi connectivity index (χ3n) is 4.94. The van der Waals surface area contributed by atoms with Crippen molar-refractivity contribution in [2.45, 2.75) is 19.9 Å². The first-order chi connectivity index (χ1) is 13.0. The maximum Gasteiger partial charge on any atom is 0.292 e. The van der Waals surface area contributed by atoms with Gasteiger partial charge < -0.3 is 15.1 Å². The van der Waals surface area contributed by atoms with Gasteiger partial charge in [0.15, 0.2) is 0 Å². The molecule has 0 radical (unpaired) electrons. The number of benzene rings is 2. The van der Waals surface area contributed by atoms with Gasteiger partial charge in [0.1, 0.15) is 5.69 Å². The number of hydrogen-bond donors (Lipinski definition) is 1. The molecule has 142 valence electrons. The number of anilines is 2. The van der Waals surface area contributed by atoms with Gasteiger partial charge in [-0.15, -0.1) is 0 Å². The molecule has 0 bridgehead atoms. The predicted octanol–water partition coefficient (Wildman–Crippen LogP) is 3.44. The number of amides is 1. The highest BCUT2D eigenvalue weighted by Gasteiger charge is 2.22. The fourth-order valence-electron chi connectivity index (χ4n) is 3.33. The number of hydrogen-bond acceptors (Lipinski definition) is 5. The van der Waals surface area contributed by atoms with Crippen molar-refractivity contribution in [3.05, 3.63) is 64.2 Å². The van der Waals surface area contributed by atoms with Crippen molar-refractivity contribution in [2.75, 3.05) is 36.4 Å². The Morgan fingerprint density at radius 3 is 2.37 bits per heavy atom. The van der Waals surface area contributed by atoms with Crippen LogP contribution in [0.15, 0.2) is 48.5 Å². The lowest BCUT2D eigenvalue weighted by Gasteiger charge is -2.35. The topological polar surface area (TPSA) is 78.7 Å². The smallest absolute Gasteiger partial charge is 0.292 e. The van der Waals surface area contributed by atoms with E-state index < -0.39 is 0 Å². The highest BCUT2D eigenvalue weighted by Crippen LogP contribution is 2.32. The van der Waals surface area contributed by atoms with E-state index in [1.807, 2.05) is 48.2 Å². The van der Waals surface area contributed by atoms with Crippen LogP contribution in [0.4, 0.5) is 17.1 Å². The van der Waals surface area contributed by atoms with E-state index in [1.54, 1.807) is 19.1 Å². The summed E-state index contributed by atoms with van der Waals surface area (Å²) in [5, 5.41) is 14.7. The van der Waals surface area contributed by atoms with Crippen molar-refractivity contribution in [1.82, 2.24) is 4.90 Å². The molecule has 2 aromatic rings. The molecule has 1 heterocycles. The fraction of sp³-hybridized carbons (Fsp3) is 0.350. The summed E-state index contributed by atoms with van der Waals surface area (Å²) in [5.74, 6) is 0.0809. The summed E-state index contributed by atoms with van der Waals surface area (Å²) in [6.45, 7) is 6.31. The number of nitro groups is 1. The summed E-state index contributed by atoms with van der Waals surface area (Å²) in [6.07, 6.45) is 0. The molecule has 0 unspecified atom stereocenters. The monoisotopic (exact) mass is 368 g/mol. The molecule has 1 N–H and O–H groups in total. The van der Waals surface area contributed by atoms with Crippen molar-refractivity contribution >= 4 is 23.0 Å². The molecule has 27 heavy (non-hydrogen) atoms. The second-order valence-electron chi connectivity index (χ2n) is 6.73. The molecule has 1 aliphatic heterocycles. The minimum absolute atomic E-state index is 0.0592. The SMILES string of the molecule is CC(=O)N1CCN(c2ccc([N+](=O)[O-])c(N[C@H](C)c3ccccc3)c2)CC1. The molecule has 7 nitrogen and oxygen atoms in total. The van der Waals surface area contributed by atoms with Crippen molar-refractivity contribution < 1.29 is 9.72 Å². The standard InChI is InChI=1S/C20H24N4O3/c1-15(17-6-4-3-5-7-17)21-19-14-18(8-9-20(19)24(26)27)23-12-10-22(11-13-23)16(2)25/h3-9,14-15,21H,10-13H2,1-2H3/t15-/m1/s1. The summed E-state index contributed by atoms with van der Waals surface area (Å²) < 4.78 is 0. The Kier molecular flexibility index (Phi) is 5.59. The number of nitrogens with one attached hydrogen (secondary N) is 1. The van der Waals surface area contributed by atoms with Crippen LogP contribution in [0.5, 0.6) is 0 Å². The molecule has 1 fully saturated rings. The van der Waals surface area contributed by atoms with Crippen LogP contribution < -0.4 is 10.2 Å². The van der Waals surface area contributed by atoms with Gasteiger partial charge in [-0.25, -0.2) is 0 Å². The molecule has 2 aromatic carbocycles. The van der Waals surface area contributed by atoms with Gasteiger partial charge in [-0.3, -0.25) is 14.9 Å².